The third-order valence-corrected chi connectivity index (χ3v) is 3.17. The molecule has 0 aromatic heterocycles. The Morgan fingerprint density at radius 2 is 2.19 bits per heavy atom. The number of benzene rings is 1. The molecule has 0 fully saturated rings. The highest BCUT2D eigenvalue weighted by Crippen LogP contribution is 2.40. The Bertz CT molecular complexity index is 403. The van der Waals surface area contributed by atoms with Gasteiger partial charge in [0.05, 0.1) is 18.0 Å². The molecule has 5 heteroatoms. The zero-order valence-electron chi connectivity index (χ0n) is 9.03. The van der Waals surface area contributed by atoms with E-state index in [0.717, 1.165) is 5.56 Å². The summed E-state index contributed by atoms with van der Waals surface area (Å²) in [6.45, 7) is 1.79. The lowest BCUT2D eigenvalue weighted by Gasteiger charge is -2.14. The third kappa shape index (κ3) is 2.66. The van der Waals surface area contributed by atoms with Crippen LogP contribution in [0.4, 0.5) is 0 Å². The van der Waals surface area contributed by atoms with Gasteiger partial charge in [-0.25, -0.2) is 0 Å². The first-order chi connectivity index (χ1) is 7.47. The maximum Gasteiger partial charge on any atom is 0.303 e. The van der Waals surface area contributed by atoms with Crippen LogP contribution in [0.25, 0.3) is 0 Å². The molecule has 0 spiro atoms. The first kappa shape index (κ1) is 12.8. The molecule has 1 aromatic carbocycles. The molecule has 0 amide bonds. The summed E-state index contributed by atoms with van der Waals surface area (Å²) in [5.74, 6) is -0.686. The van der Waals surface area contributed by atoms with E-state index in [0.29, 0.717) is 10.2 Å². The Balaban J connectivity index is 3.06. The molecule has 0 aliphatic heterocycles. The van der Waals surface area contributed by atoms with E-state index in [1.54, 1.807) is 19.1 Å². The van der Waals surface area contributed by atoms with Crippen molar-refractivity contribution >= 4 is 21.9 Å². The van der Waals surface area contributed by atoms with Crippen molar-refractivity contribution in [2.45, 2.75) is 19.3 Å². The average Bonchev–Trinajstić information content (AvgIpc) is 2.20. The van der Waals surface area contributed by atoms with E-state index in [1.807, 2.05) is 0 Å². The van der Waals surface area contributed by atoms with Crippen molar-refractivity contribution in [3.63, 3.8) is 0 Å². The van der Waals surface area contributed by atoms with Crippen molar-refractivity contribution in [2.24, 2.45) is 0 Å². The smallest absolute Gasteiger partial charge is 0.303 e. The molecule has 2 N–H and O–H groups in total. The largest absolute Gasteiger partial charge is 0.503 e. The highest BCUT2D eigenvalue weighted by Gasteiger charge is 2.17. The molecule has 1 rings (SSSR count). The molecule has 0 radical (unpaired) electrons. The molecule has 88 valence electrons. The van der Waals surface area contributed by atoms with Gasteiger partial charge >= 0.3 is 5.97 Å². The molecule has 0 saturated heterocycles. The van der Waals surface area contributed by atoms with Crippen LogP contribution >= 0.6 is 15.9 Å². The third-order valence-electron chi connectivity index (χ3n) is 2.34. The van der Waals surface area contributed by atoms with Gasteiger partial charge in [0, 0.05) is 0 Å². The van der Waals surface area contributed by atoms with E-state index in [2.05, 4.69) is 15.9 Å². The highest BCUT2D eigenvalue weighted by atomic mass is 79.9. The van der Waals surface area contributed by atoms with Gasteiger partial charge in [0.1, 0.15) is 0 Å². The van der Waals surface area contributed by atoms with Gasteiger partial charge in [-0.05, 0) is 33.5 Å². The van der Waals surface area contributed by atoms with Crippen LogP contribution in [-0.4, -0.2) is 23.3 Å². The minimum atomic E-state index is -0.866. The first-order valence-corrected chi connectivity index (χ1v) is 5.53. The number of phenolic OH excluding ortho intramolecular Hbond substituents is 1. The van der Waals surface area contributed by atoms with Crippen LogP contribution in [0.2, 0.25) is 0 Å². The number of ether oxygens (including phenoxy) is 1. The van der Waals surface area contributed by atoms with Crippen molar-refractivity contribution in [2.75, 3.05) is 7.11 Å². The molecule has 1 unspecified atom stereocenters. The number of hydrogen-bond acceptors (Lipinski definition) is 3. The summed E-state index contributed by atoms with van der Waals surface area (Å²) in [6, 6.07) is 3.37. The summed E-state index contributed by atoms with van der Waals surface area (Å²) in [5, 5.41) is 18.4. The summed E-state index contributed by atoms with van der Waals surface area (Å²) < 4.78 is 5.43. The predicted molar refractivity (Wildman–Crippen MR) is 63.0 cm³/mol. The van der Waals surface area contributed by atoms with E-state index >= 15 is 0 Å². The summed E-state index contributed by atoms with van der Waals surface area (Å²) in [5.41, 5.74) is 0.751. The number of carboxylic acid groups (broad SMARTS) is 1. The first-order valence-electron chi connectivity index (χ1n) is 4.74. The molecule has 1 atom stereocenters. The van der Waals surface area contributed by atoms with Crippen LogP contribution in [0.15, 0.2) is 16.6 Å². The summed E-state index contributed by atoms with van der Waals surface area (Å²) >= 11 is 3.24. The zero-order valence-corrected chi connectivity index (χ0v) is 10.6. The van der Waals surface area contributed by atoms with E-state index in [-0.39, 0.29) is 18.1 Å². The van der Waals surface area contributed by atoms with Gasteiger partial charge in [-0.15, -0.1) is 0 Å². The van der Waals surface area contributed by atoms with Gasteiger partial charge in [-0.3, -0.25) is 4.79 Å². The van der Waals surface area contributed by atoms with Crippen molar-refractivity contribution in [3.05, 3.63) is 22.2 Å². The Kier molecular flexibility index (Phi) is 4.18. The topological polar surface area (TPSA) is 66.8 Å². The predicted octanol–water partition coefficient (Wildman–Crippen LogP) is 2.74. The number of methoxy groups -OCH3 is 1. The number of carbonyl (C=O) groups is 1. The molecule has 0 saturated carbocycles. The van der Waals surface area contributed by atoms with Crippen molar-refractivity contribution in [1.82, 2.24) is 0 Å². The average molecular weight is 289 g/mol. The van der Waals surface area contributed by atoms with Crippen LogP contribution in [0.3, 0.4) is 0 Å². The molecule has 0 heterocycles. The number of phenols is 1. The SMILES string of the molecule is COc1ccc(C(C)CC(=O)O)c(Br)c1O. The maximum absolute atomic E-state index is 10.6. The number of carboxylic acids is 1. The molecule has 0 aliphatic rings. The number of rotatable bonds is 4. The zero-order chi connectivity index (χ0) is 12.3. The van der Waals surface area contributed by atoms with Gasteiger partial charge in [-0.1, -0.05) is 13.0 Å². The lowest BCUT2D eigenvalue weighted by atomic mass is 9.97. The van der Waals surface area contributed by atoms with Gasteiger partial charge in [0.25, 0.3) is 0 Å². The van der Waals surface area contributed by atoms with E-state index < -0.39 is 5.97 Å². The fourth-order valence-electron chi connectivity index (χ4n) is 1.48. The highest BCUT2D eigenvalue weighted by molar-refractivity contribution is 9.10. The quantitative estimate of drug-likeness (QED) is 0.894. The fraction of sp³-hybridized carbons (Fsp3) is 0.364. The Hall–Kier alpha value is -1.23. The van der Waals surface area contributed by atoms with E-state index in [4.69, 9.17) is 9.84 Å². The van der Waals surface area contributed by atoms with Gasteiger partial charge < -0.3 is 14.9 Å². The Morgan fingerprint density at radius 1 is 1.56 bits per heavy atom. The maximum atomic E-state index is 10.6. The van der Waals surface area contributed by atoms with Gasteiger partial charge in [0.15, 0.2) is 11.5 Å². The second-order valence-corrected chi connectivity index (χ2v) is 4.31. The normalized spacial score (nSPS) is 12.2. The second-order valence-electron chi connectivity index (χ2n) is 3.52. The molecule has 4 nitrogen and oxygen atoms in total. The van der Waals surface area contributed by atoms with Crippen molar-refractivity contribution < 1.29 is 19.7 Å². The fourth-order valence-corrected chi connectivity index (χ4v) is 2.20. The minimum absolute atomic E-state index is 0.00256. The Labute approximate surface area is 102 Å². The van der Waals surface area contributed by atoms with Crippen LogP contribution < -0.4 is 4.74 Å². The lowest BCUT2D eigenvalue weighted by Crippen LogP contribution is -2.03. The summed E-state index contributed by atoms with van der Waals surface area (Å²) in [4.78, 5) is 10.6. The van der Waals surface area contributed by atoms with E-state index in [9.17, 15) is 9.90 Å². The number of halogens is 1. The number of aliphatic carboxylic acids is 1. The monoisotopic (exact) mass is 288 g/mol. The van der Waals surface area contributed by atoms with Crippen LogP contribution in [0.5, 0.6) is 11.5 Å². The Morgan fingerprint density at radius 3 is 2.69 bits per heavy atom. The van der Waals surface area contributed by atoms with Gasteiger partial charge in [0.2, 0.25) is 0 Å². The second kappa shape index (κ2) is 5.21. The van der Waals surface area contributed by atoms with Crippen LogP contribution in [0.1, 0.15) is 24.8 Å². The molecule has 0 bridgehead atoms. The molecular weight excluding hydrogens is 276 g/mol. The minimum Gasteiger partial charge on any atom is -0.503 e. The summed E-state index contributed by atoms with van der Waals surface area (Å²) in [7, 11) is 1.46. The number of aromatic hydroxyl groups is 1. The number of hydrogen-bond donors (Lipinski definition) is 2. The van der Waals surface area contributed by atoms with Gasteiger partial charge in [-0.2, -0.15) is 0 Å². The van der Waals surface area contributed by atoms with E-state index in [1.165, 1.54) is 7.11 Å². The van der Waals surface area contributed by atoms with Crippen molar-refractivity contribution in [3.8, 4) is 11.5 Å². The summed E-state index contributed by atoms with van der Waals surface area (Å²) in [6.07, 6.45) is 0.0182. The van der Waals surface area contributed by atoms with Crippen LogP contribution in [0, 0.1) is 0 Å². The molecule has 16 heavy (non-hydrogen) atoms. The standard InChI is InChI=1S/C11H13BrO4/c1-6(5-9(13)14)7-3-4-8(16-2)11(15)10(7)12/h3-4,6,15H,5H2,1-2H3,(H,13,14). The molecule has 0 aliphatic carbocycles. The molecule has 1 aromatic rings. The molecular formula is C11H13BrO4. The van der Waals surface area contributed by atoms with Crippen LogP contribution in [-0.2, 0) is 4.79 Å². The lowest BCUT2D eigenvalue weighted by molar-refractivity contribution is -0.137. The van der Waals surface area contributed by atoms with Crippen molar-refractivity contribution in [1.29, 1.82) is 0 Å².